The maximum absolute atomic E-state index is 13.0. The van der Waals surface area contributed by atoms with Crippen molar-refractivity contribution in [3.63, 3.8) is 0 Å². The molecule has 1 aliphatic rings. The zero-order valence-electron chi connectivity index (χ0n) is 17.1. The van der Waals surface area contributed by atoms with E-state index in [0.717, 1.165) is 0 Å². The minimum Gasteiger partial charge on any atom is -0.507 e. The molecule has 0 bridgehead atoms. The molecule has 2 aromatic heterocycles. The molecule has 1 amide bonds. The van der Waals surface area contributed by atoms with Crippen LogP contribution in [0.2, 0.25) is 10.0 Å². The summed E-state index contributed by atoms with van der Waals surface area (Å²) in [6.45, 7) is 1.80. The van der Waals surface area contributed by atoms with E-state index in [1.165, 1.54) is 24.1 Å². The van der Waals surface area contributed by atoms with Crippen molar-refractivity contribution in [1.29, 1.82) is 0 Å². The normalized spacial score (nSPS) is 17.8. The molecule has 9 heteroatoms. The average Bonchev–Trinajstić information content (AvgIpc) is 3.30. The maximum Gasteiger partial charge on any atom is 0.296 e. The molecule has 3 heterocycles. The van der Waals surface area contributed by atoms with Crippen LogP contribution >= 0.6 is 23.2 Å². The highest BCUT2D eigenvalue weighted by atomic mass is 35.5. The summed E-state index contributed by atoms with van der Waals surface area (Å²) in [7, 11) is 1.41. The van der Waals surface area contributed by atoms with Crippen LogP contribution in [-0.4, -0.2) is 33.8 Å². The van der Waals surface area contributed by atoms with E-state index in [9.17, 15) is 14.7 Å². The Bertz CT molecular complexity index is 1210. The largest absolute Gasteiger partial charge is 0.507 e. The molecule has 164 valence electrons. The van der Waals surface area contributed by atoms with Crippen LogP contribution in [0.5, 0.6) is 5.75 Å². The van der Waals surface area contributed by atoms with Gasteiger partial charge < -0.3 is 19.2 Å². The Kier molecular flexibility index (Phi) is 5.95. The molecule has 0 aliphatic carbocycles. The summed E-state index contributed by atoms with van der Waals surface area (Å²) in [6, 6.07) is 10.5. The number of hydrogen-bond acceptors (Lipinski definition) is 6. The van der Waals surface area contributed by atoms with E-state index in [2.05, 4.69) is 4.98 Å². The van der Waals surface area contributed by atoms with Crippen molar-refractivity contribution in [1.82, 2.24) is 9.88 Å². The Morgan fingerprint density at radius 1 is 1.19 bits per heavy atom. The van der Waals surface area contributed by atoms with Crippen molar-refractivity contribution >= 4 is 40.7 Å². The molecule has 0 spiro atoms. The first kappa shape index (κ1) is 21.9. The van der Waals surface area contributed by atoms with E-state index >= 15 is 0 Å². The number of likely N-dealkylation sites (tertiary alicyclic amines) is 1. The number of benzene rings is 1. The van der Waals surface area contributed by atoms with Gasteiger partial charge in [0.15, 0.2) is 5.75 Å². The topological polar surface area (TPSA) is 92.9 Å². The third-order valence-electron chi connectivity index (χ3n) is 5.10. The van der Waals surface area contributed by atoms with Gasteiger partial charge in [-0.25, -0.2) is 0 Å². The van der Waals surface area contributed by atoms with Crippen LogP contribution in [-0.2, 0) is 16.1 Å². The van der Waals surface area contributed by atoms with Crippen molar-refractivity contribution in [2.45, 2.75) is 19.5 Å². The molecule has 3 aromatic rings. The fraction of sp³-hybridized carbons (Fsp3) is 0.174. The van der Waals surface area contributed by atoms with E-state index in [0.29, 0.717) is 17.2 Å². The summed E-state index contributed by atoms with van der Waals surface area (Å²) in [6.07, 6.45) is 1.60. The molecule has 4 rings (SSSR count). The molecule has 1 atom stereocenters. The van der Waals surface area contributed by atoms with Gasteiger partial charge in [0.1, 0.15) is 23.3 Å². The number of halogens is 2. The number of aryl methyl sites for hydroxylation is 1. The number of carbonyl (C=O) groups excluding carboxylic acids is 2. The lowest BCUT2D eigenvalue weighted by Crippen LogP contribution is -2.29. The smallest absolute Gasteiger partial charge is 0.296 e. The third kappa shape index (κ3) is 3.85. The predicted octanol–water partition coefficient (Wildman–Crippen LogP) is 4.92. The number of pyridine rings is 1. The number of methoxy groups -OCH3 is 1. The lowest BCUT2D eigenvalue weighted by molar-refractivity contribution is -0.140. The number of ether oxygens (including phenoxy) is 1. The van der Waals surface area contributed by atoms with Crippen LogP contribution in [0.15, 0.2) is 58.7 Å². The number of rotatable bonds is 5. The predicted molar refractivity (Wildman–Crippen MR) is 119 cm³/mol. The molecule has 0 saturated carbocycles. The van der Waals surface area contributed by atoms with Crippen molar-refractivity contribution in [3.05, 3.63) is 87.1 Å². The molecule has 32 heavy (non-hydrogen) atoms. The number of furan rings is 1. The van der Waals surface area contributed by atoms with Gasteiger partial charge in [0.25, 0.3) is 11.7 Å². The SMILES string of the molecule is COc1c(Cl)cc(/C(O)=C2/C(=O)C(=O)N(Cc3ccccn3)C2c2ccc(C)o2)cc1Cl. The number of aliphatic hydroxyl groups is 1. The number of nitrogens with zero attached hydrogens (tertiary/aromatic N) is 2. The molecule has 1 fully saturated rings. The Labute approximate surface area is 193 Å². The van der Waals surface area contributed by atoms with Gasteiger partial charge >= 0.3 is 0 Å². The molecule has 7 nitrogen and oxygen atoms in total. The second-order valence-corrected chi connectivity index (χ2v) is 7.98. The number of carbonyl (C=O) groups is 2. The standard InChI is InChI=1S/C23H18Cl2N2O5/c1-12-6-7-17(32-12)19-18(20(28)13-9-15(24)22(31-2)16(25)10-13)21(29)23(30)27(19)11-14-5-3-4-8-26-14/h3-10,19,28H,11H2,1-2H3/b20-18-. The van der Waals surface area contributed by atoms with E-state index in [1.807, 2.05) is 0 Å². The lowest BCUT2D eigenvalue weighted by atomic mass is 9.99. The van der Waals surface area contributed by atoms with E-state index in [-0.39, 0.29) is 33.5 Å². The van der Waals surface area contributed by atoms with Gasteiger partial charge in [0, 0.05) is 11.8 Å². The van der Waals surface area contributed by atoms with Crippen molar-refractivity contribution < 1.29 is 23.8 Å². The quantitative estimate of drug-likeness (QED) is 0.321. The summed E-state index contributed by atoms with van der Waals surface area (Å²) >= 11 is 12.4. The Balaban J connectivity index is 1.87. The first-order valence-electron chi connectivity index (χ1n) is 9.60. The van der Waals surface area contributed by atoms with Crippen LogP contribution in [0.4, 0.5) is 0 Å². The van der Waals surface area contributed by atoms with Gasteiger partial charge in [0.05, 0.1) is 35.0 Å². The van der Waals surface area contributed by atoms with E-state index in [1.54, 1.807) is 43.5 Å². The molecule has 1 unspecified atom stereocenters. The van der Waals surface area contributed by atoms with Gasteiger partial charge in [-0.3, -0.25) is 14.6 Å². The second kappa shape index (κ2) is 8.68. The second-order valence-electron chi connectivity index (χ2n) is 7.17. The summed E-state index contributed by atoms with van der Waals surface area (Å²) in [4.78, 5) is 31.6. The minimum atomic E-state index is -0.953. The molecule has 1 aromatic carbocycles. The molecule has 0 radical (unpaired) electrons. The lowest BCUT2D eigenvalue weighted by Gasteiger charge is -2.23. The van der Waals surface area contributed by atoms with Crippen LogP contribution in [0.1, 0.15) is 28.8 Å². The number of amides is 1. The van der Waals surface area contributed by atoms with Crippen molar-refractivity contribution in [2.24, 2.45) is 0 Å². The molecule has 1 N–H and O–H groups in total. The highest BCUT2D eigenvalue weighted by Crippen LogP contribution is 2.42. The monoisotopic (exact) mass is 472 g/mol. The van der Waals surface area contributed by atoms with Crippen molar-refractivity contribution in [2.75, 3.05) is 7.11 Å². The summed E-state index contributed by atoms with van der Waals surface area (Å²) in [5.41, 5.74) is 0.626. The highest BCUT2D eigenvalue weighted by Gasteiger charge is 2.47. The van der Waals surface area contributed by atoms with Crippen LogP contribution in [0.3, 0.4) is 0 Å². The average molecular weight is 473 g/mol. The zero-order valence-corrected chi connectivity index (χ0v) is 18.6. The summed E-state index contributed by atoms with van der Waals surface area (Å²) in [5, 5.41) is 11.4. The minimum absolute atomic E-state index is 0.0523. The third-order valence-corrected chi connectivity index (χ3v) is 5.67. The van der Waals surface area contributed by atoms with E-state index in [4.69, 9.17) is 32.4 Å². The van der Waals surface area contributed by atoms with E-state index < -0.39 is 23.5 Å². The van der Waals surface area contributed by atoms with Crippen LogP contribution in [0, 0.1) is 6.92 Å². The molecular formula is C23H18Cl2N2O5. The van der Waals surface area contributed by atoms with Gasteiger partial charge in [0.2, 0.25) is 0 Å². The Morgan fingerprint density at radius 3 is 2.47 bits per heavy atom. The van der Waals surface area contributed by atoms with Gasteiger partial charge in [-0.05, 0) is 43.3 Å². The van der Waals surface area contributed by atoms with Gasteiger partial charge in [-0.2, -0.15) is 0 Å². The number of aromatic nitrogens is 1. The van der Waals surface area contributed by atoms with Crippen molar-refractivity contribution in [3.8, 4) is 5.75 Å². The first-order chi connectivity index (χ1) is 15.3. The van der Waals surface area contributed by atoms with Gasteiger partial charge in [-0.1, -0.05) is 29.3 Å². The van der Waals surface area contributed by atoms with Gasteiger partial charge in [-0.15, -0.1) is 0 Å². The highest BCUT2D eigenvalue weighted by molar-refractivity contribution is 6.46. The number of Topliss-reactive ketones (excluding diaryl/α,β-unsaturated/α-hetero) is 1. The molecular weight excluding hydrogens is 455 g/mol. The zero-order chi connectivity index (χ0) is 23.0. The first-order valence-corrected chi connectivity index (χ1v) is 10.4. The number of ketones is 1. The summed E-state index contributed by atoms with van der Waals surface area (Å²) < 4.78 is 10.9. The number of hydrogen-bond donors (Lipinski definition) is 1. The molecule has 1 saturated heterocycles. The van der Waals surface area contributed by atoms with Crippen LogP contribution < -0.4 is 4.74 Å². The fourth-order valence-electron chi connectivity index (χ4n) is 3.65. The van der Waals surface area contributed by atoms with Crippen LogP contribution in [0.25, 0.3) is 5.76 Å². The summed E-state index contributed by atoms with van der Waals surface area (Å²) in [5.74, 6) is -0.873. The molecule has 1 aliphatic heterocycles. The number of aliphatic hydroxyl groups excluding tert-OH is 1. The maximum atomic E-state index is 13.0. The Hall–Kier alpha value is -3.29. The fourth-order valence-corrected chi connectivity index (χ4v) is 4.29. The Morgan fingerprint density at radius 2 is 1.91 bits per heavy atom.